The van der Waals surface area contributed by atoms with Crippen molar-refractivity contribution in [2.24, 2.45) is 0 Å². The normalized spacial score (nSPS) is 12.4. The van der Waals surface area contributed by atoms with Gasteiger partial charge >= 0.3 is 0 Å². The average Bonchev–Trinajstić information content (AvgIpc) is 2.41. The molecule has 1 aromatic carbocycles. The van der Waals surface area contributed by atoms with E-state index < -0.39 is 0 Å². The zero-order chi connectivity index (χ0) is 13.2. The van der Waals surface area contributed by atoms with Gasteiger partial charge in [-0.05, 0) is 30.5 Å². The van der Waals surface area contributed by atoms with Crippen LogP contribution in [0, 0.1) is 0 Å². The van der Waals surface area contributed by atoms with Gasteiger partial charge in [0.1, 0.15) is 5.75 Å². The molecule has 0 heterocycles. The van der Waals surface area contributed by atoms with Crippen molar-refractivity contribution in [3.05, 3.63) is 29.8 Å². The summed E-state index contributed by atoms with van der Waals surface area (Å²) in [4.78, 5) is 0. The van der Waals surface area contributed by atoms with Gasteiger partial charge in [-0.1, -0.05) is 51.7 Å². The fourth-order valence-electron chi connectivity index (χ4n) is 1.96. The van der Waals surface area contributed by atoms with E-state index >= 15 is 0 Å². The molecule has 2 nitrogen and oxygen atoms in total. The van der Waals surface area contributed by atoms with E-state index in [0.717, 1.165) is 37.2 Å². The molecule has 0 radical (unpaired) electrons. The topological polar surface area (TPSA) is 29.5 Å². The second-order valence-electron chi connectivity index (χ2n) is 4.79. The maximum atomic E-state index is 10.1. The van der Waals surface area contributed by atoms with Crippen molar-refractivity contribution in [1.29, 1.82) is 0 Å². The number of unbranched alkanes of at least 4 members (excludes halogenated alkanes) is 3. The Bertz CT molecular complexity index is 323. The summed E-state index contributed by atoms with van der Waals surface area (Å²) < 4.78 is 5.58. The summed E-state index contributed by atoms with van der Waals surface area (Å²) in [7, 11) is 0. The van der Waals surface area contributed by atoms with Gasteiger partial charge in [-0.15, -0.1) is 0 Å². The number of ether oxygens (including phenoxy) is 1. The summed E-state index contributed by atoms with van der Waals surface area (Å²) in [5.41, 5.74) is 0.972. The smallest absolute Gasteiger partial charge is 0.119 e. The van der Waals surface area contributed by atoms with Crippen molar-refractivity contribution in [1.82, 2.24) is 0 Å². The molecule has 0 aliphatic heterocycles. The SMILES string of the molecule is CCCCCCC(O)c1cccc(OCCC)c1. The maximum absolute atomic E-state index is 10.1. The minimum atomic E-state index is -0.355. The molecular weight excluding hydrogens is 224 g/mol. The first-order chi connectivity index (χ1) is 8.77. The van der Waals surface area contributed by atoms with Crippen LogP contribution in [0.25, 0.3) is 0 Å². The van der Waals surface area contributed by atoms with Gasteiger partial charge in [0.2, 0.25) is 0 Å². The van der Waals surface area contributed by atoms with Crippen LogP contribution in [0.1, 0.15) is 64.0 Å². The van der Waals surface area contributed by atoms with Gasteiger partial charge in [-0.3, -0.25) is 0 Å². The van der Waals surface area contributed by atoms with Gasteiger partial charge < -0.3 is 9.84 Å². The number of aliphatic hydroxyl groups is 1. The lowest BCUT2D eigenvalue weighted by Crippen LogP contribution is -2.00. The Morgan fingerprint density at radius 3 is 2.67 bits per heavy atom. The standard InChI is InChI=1S/C16H26O2/c1-3-5-6-7-11-16(17)14-9-8-10-15(13-14)18-12-4-2/h8-10,13,16-17H,3-7,11-12H2,1-2H3. The average molecular weight is 250 g/mol. The van der Waals surface area contributed by atoms with Crippen molar-refractivity contribution >= 4 is 0 Å². The number of benzene rings is 1. The largest absolute Gasteiger partial charge is 0.494 e. The molecular formula is C16H26O2. The van der Waals surface area contributed by atoms with Crippen molar-refractivity contribution in [2.75, 3.05) is 6.61 Å². The molecule has 1 unspecified atom stereocenters. The van der Waals surface area contributed by atoms with E-state index in [2.05, 4.69) is 13.8 Å². The molecule has 0 aliphatic rings. The molecule has 1 N–H and O–H groups in total. The Morgan fingerprint density at radius 2 is 1.94 bits per heavy atom. The van der Waals surface area contributed by atoms with Gasteiger partial charge in [-0.2, -0.15) is 0 Å². The van der Waals surface area contributed by atoms with Crippen LogP contribution in [0.2, 0.25) is 0 Å². The van der Waals surface area contributed by atoms with E-state index in [1.807, 2.05) is 24.3 Å². The highest BCUT2D eigenvalue weighted by Gasteiger charge is 2.08. The molecule has 18 heavy (non-hydrogen) atoms. The Labute approximate surface area is 111 Å². The molecule has 0 saturated heterocycles. The van der Waals surface area contributed by atoms with Crippen LogP contribution in [-0.4, -0.2) is 11.7 Å². The highest BCUT2D eigenvalue weighted by atomic mass is 16.5. The molecule has 1 aromatic rings. The number of hydrogen-bond acceptors (Lipinski definition) is 2. The zero-order valence-electron chi connectivity index (χ0n) is 11.7. The van der Waals surface area contributed by atoms with Gasteiger partial charge in [-0.25, -0.2) is 0 Å². The molecule has 1 atom stereocenters. The monoisotopic (exact) mass is 250 g/mol. The lowest BCUT2D eigenvalue weighted by atomic mass is 10.0. The lowest BCUT2D eigenvalue weighted by molar-refractivity contribution is 0.163. The summed E-state index contributed by atoms with van der Waals surface area (Å²) in [6, 6.07) is 7.84. The molecule has 0 fully saturated rings. The third kappa shape index (κ3) is 5.54. The van der Waals surface area contributed by atoms with Crippen LogP contribution < -0.4 is 4.74 Å². The predicted octanol–water partition coefficient (Wildman–Crippen LogP) is 4.48. The third-order valence-electron chi connectivity index (χ3n) is 3.05. The second-order valence-corrected chi connectivity index (χ2v) is 4.79. The van der Waals surface area contributed by atoms with Gasteiger partial charge in [0, 0.05) is 0 Å². The second kappa shape index (κ2) is 8.98. The van der Waals surface area contributed by atoms with Crippen LogP contribution in [0.5, 0.6) is 5.75 Å². The lowest BCUT2D eigenvalue weighted by Gasteiger charge is -2.12. The van der Waals surface area contributed by atoms with Crippen molar-refractivity contribution in [3.8, 4) is 5.75 Å². The van der Waals surface area contributed by atoms with Crippen LogP contribution in [0.15, 0.2) is 24.3 Å². The molecule has 1 rings (SSSR count). The van der Waals surface area contributed by atoms with E-state index in [1.165, 1.54) is 19.3 Å². The first kappa shape index (κ1) is 15.0. The fraction of sp³-hybridized carbons (Fsp3) is 0.625. The molecule has 0 bridgehead atoms. The molecule has 0 spiro atoms. The van der Waals surface area contributed by atoms with E-state index in [-0.39, 0.29) is 6.10 Å². The van der Waals surface area contributed by atoms with Crippen LogP contribution in [0.3, 0.4) is 0 Å². The fourth-order valence-corrected chi connectivity index (χ4v) is 1.96. The van der Waals surface area contributed by atoms with Crippen molar-refractivity contribution in [3.63, 3.8) is 0 Å². The van der Waals surface area contributed by atoms with Gasteiger partial charge in [0.25, 0.3) is 0 Å². The van der Waals surface area contributed by atoms with Gasteiger partial charge in [0.15, 0.2) is 0 Å². The summed E-state index contributed by atoms with van der Waals surface area (Å²) in [6.07, 6.45) is 6.28. The molecule has 0 amide bonds. The number of rotatable bonds is 9. The number of hydrogen-bond donors (Lipinski definition) is 1. The Balaban J connectivity index is 2.43. The van der Waals surface area contributed by atoms with Crippen LogP contribution in [-0.2, 0) is 0 Å². The van der Waals surface area contributed by atoms with E-state index in [0.29, 0.717) is 0 Å². The molecule has 102 valence electrons. The summed E-state index contributed by atoms with van der Waals surface area (Å²) >= 11 is 0. The minimum absolute atomic E-state index is 0.355. The molecule has 0 aliphatic carbocycles. The Morgan fingerprint density at radius 1 is 1.11 bits per heavy atom. The maximum Gasteiger partial charge on any atom is 0.119 e. The molecule has 0 saturated carbocycles. The van der Waals surface area contributed by atoms with Crippen molar-refractivity contribution < 1.29 is 9.84 Å². The van der Waals surface area contributed by atoms with Crippen LogP contribution in [0.4, 0.5) is 0 Å². The van der Waals surface area contributed by atoms with E-state index in [4.69, 9.17) is 4.74 Å². The first-order valence-electron chi connectivity index (χ1n) is 7.18. The first-order valence-corrected chi connectivity index (χ1v) is 7.18. The minimum Gasteiger partial charge on any atom is -0.494 e. The predicted molar refractivity (Wildman–Crippen MR) is 75.9 cm³/mol. The Kier molecular flexibility index (Phi) is 7.51. The summed E-state index contributed by atoms with van der Waals surface area (Å²) in [6.45, 7) is 5.02. The quantitative estimate of drug-likeness (QED) is 0.655. The highest BCUT2D eigenvalue weighted by molar-refractivity contribution is 5.29. The van der Waals surface area contributed by atoms with E-state index in [1.54, 1.807) is 0 Å². The van der Waals surface area contributed by atoms with E-state index in [9.17, 15) is 5.11 Å². The van der Waals surface area contributed by atoms with Crippen LogP contribution >= 0.6 is 0 Å². The summed E-state index contributed by atoms with van der Waals surface area (Å²) in [5, 5.41) is 10.1. The summed E-state index contributed by atoms with van der Waals surface area (Å²) in [5.74, 6) is 0.863. The zero-order valence-corrected chi connectivity index (χ0v) is 11.7. The van der Waals surface area contributed by atoms with Gasteiger partial charge in [0.05, 0.1) is 12.7 Å². The molecule has 2 heteroatoms. The Hall–Kier alpha value is -1.02. The van der Waals surface area contributed by atoms with Crippen molar-refractivity contribution in [2.45, 2.75) is 58.5 Å². The molecule has 0 aromatic heterocycles. The third-order valence-corrected chi connectivity index (χ3v) is 3.05. The highest BCUT2D eigenvalue weighted by Crippen LogP contribution is 2.23. The number of aliphatic hydroxyl groups excluding tert-OH is 1.